The van der Waals surface area contributed by atoms with E-state index >= 15 is 0 Å². The molecule has 0 saturated heterocycles. The average molecular weight is 280 g/mol. The molecule has 2 aromatic carbocycles. The quantitative estimate of drug-likeness (QED) is 0.833. The van der Waals surface area contributed by atoms with Crippen molar-refractivity contribution in [2.75, 3.05) is 18.5 Å². The minimum absolute atomic E-state index is 0.757. The molecule has 1 aliphatic rings. The fourth-order valence-electron chi connectivity index (χ4n) is 2.64. The van der Waals surface area contributed by atoms with E-state index in [2.05, 4.69) is 71.9 Å². The van der Waals surface area contributed by atoms with Crippen LogP contribution in [0.4, 0.5) is 5.69 Å². The molecule has 1 fully saturated rings. The molecule has 1 aliphatic carbocycles. The van der Waals surface area contributed by atoms with E-state index in [1.807, 2.05) is 0 Å². The molecular formula is C19H24N2. The highest BCUT2D eigenvalue weighted by molar-refractivity contribution is 5.53. The van der Waals surface area contributed by atoms with Crippen molar-refractivity contribution in [3.63, 3.8) is 0 Å². The molecule has 0 aromatic heterocycles. The molecule has 3 rings (SSSR count). The first kappa shape index (κ1) is 14.2. The van der Waals surface area contributed by atoms with Crippen molar-refractivity contribution < 1.29 is 0 Å². The maximum atomic E-state index is 3.62. The standard InChI is InChI=1S/C19H24N2/c1-21(14-13-16-7-3-2-4-8-16)19-10-6-5-9-17(19)15-20-18-11-12-18/h2-10,18,20H,11-15H2,1H3. The zero-order valence-corrected chi connectivity index (χ0v) is 12.8. The van der Waals surface area contributed by atoms with E-state index in [4.69, 9.17) is 0 Å². The lowest BCUT2D eigenvalue weighted by atomic mass is 10.1. The van der Waals surface area contributed by atoms with Crippen LogP contribution in [0.5, 0.6) is 0 Å². The average Bonchev–Trinajstić information content (AvgIpc) is 3.36. The first-order valence-electron chi connectivity index (χ1n) is 7.89. The number of hydrogen-bond acceptors (Lipinski definition) is 2. The molecule has 0 radical (unpaired) electrons. The van der Waals surface area contributed by atoms with Gasteiger partial charge in [-0.05, 0) is 36.5 Å². The molecule has 0 amide bonds. The molecule has 2 aromatic rings. The van der Waals surface area contributed by atoms with Gasteiger partial charge in [-0.2, -0.15) is 0 Å². The van der Waals surface area contributed by atoms with Crippen molar-refractivity contribution in [2.45, 2.75) is 31.8 Å². The highest BCUT2D eigenvalue weighted by atomic mass is 15.1. The van der Waals surface area contributed by atoms with Gasteiger partial charge in [0.2, 0.25) is 0 Å². The van der Waals surface area contributed by atoms with Crippen LogP contribution in [-0.2, 0) is 13.0 Å². The van der Waals surface area contributed by atoms with E-state index in [-0.39, 0.29) is 0 Å². The lowest BCUT2D eigenvalue weighted by Crippen LogP contribution is -2.23. The van der Waals surface area contributed by atoms with Crippen LogP contribution in [0.3, 0.4) is 0 Å². The zero-order valence-electron chi connectivity index (χ0n) is 12.8. The van der Waals surface area contributed by atoms with Gasteiger partial charge in [0, 0.05) is 31.9 Å². The molecule has 0 bridgehead atoms. The number of anilines is 1. The molecule has 0 spiro atoms. The van der Waals surface area contributed by atoms with Crippen molar-refractivity contribution in [3.05, 3.63) is 65.7 Å². The third-order valence-electron chi connectivity index (χ3n) is 4.14. The Hall–Kier alpha value is -1.80. The number of rotatable bonds is 7. The van der Waals surface area contributed by atoms with Gasteiger partial charge in [-0.15, -0.1) is 0 Å². The van der Waals surface area contributed by atoms with Gasteiger partial charge in [0.15, 0.2) is 0 Å². The molecular weight excluding hydrogens is 256 g/mol. The molecule has 21 heavy (non-hydrogen) atoms. The lowest BCUT2D eigenvalue weighted by molar-refractivity contribution is 0.685. The first-order valence-corrected chi connectivity index (χ1v) is 7.89. The van der Waals surface area contributed by atoms with Crippen LogP contribution in [-0.4, -0.2) is 19.6 Å². The Balaban J connectivity index is 1.61. The molecule has 1 saturated carbocycles. The summed E-state index contributed by atoms with van der Waals surface area (Å²) in [4.78, 5) is 2.37. The van der Waals surface area contributed by atoms with E-state index in [0.29, 0.717) is 0 Å². The van der Waals surface area contributed by atoms with E-state index in [9.17, 15) is 0 Å². The van der Waals surface area contributed by atoms with Crippen molar-refractivity contribution in [3.8, 4) is 0 Å². The van der Waals surface area contributed by atoms with Crippen LogP contribution < -0.4 is 10.2 Å². The van der Waals surface area contributed by atoms with Crippen LogP contribution in [0, 0.1) is 0 Å². The highest BCUT2D eigenvalue weighted by Gasteiger charge is 2.20. The molecule has 0 aliphatic heterocycles. The highest BCUT2D eigenvalue weighted by Crippen LogP contribution is 2.23. The van der Waals surface area contributed by atoms with Crippen LogP contribution >= 0.6 is 0 Å². The van der Waals surface area contributed by atoms with Crippen LogP contribution in [0.25, 0.3) is 0 Å². The van der Waals surface area contributed by atoms with Crippen LogP contribution in [0.1, 0.15) is 24.0 Å². The molecule has 2 heteroatoms. The fraction of sp³-hybridized carbons (Fsp3) is 0.368. The zero-order chi connectivity index (χ0) is 14.5. The SMILES string of the molecule is CN(CCc1ccccc1)c1ccccc1CNC1CC1. The van der Waals surface area contributed by atoms with E-state index in [1.165, 1.54) is 29.7 Å². The summed E-state index contributed by atoms with van der Waals surface area (Å²) >= 11 is 0. The van der Waals surface area contributed by atoms with Gasteiger partial charge < -0.3 is 10.2 Å². The van der Waals surface area contributed by atoms with Gasteiger partial charge in [-0.3, -0.25) is 0 Å². The summed E-state index contributed by atoms with van der Waals surface area (Å²) in [5, 5.41) is 3.62. The molecule has 0 atom stereocenters. The van der Waals surface area contributed by atoms with Crippen molar-refractivity contribution >= 4 is 5.69 Å². The summed E-state index contributed by atoms with van der Waals surface area (Å²) in [5.41, 5.74) is 4.15. The number of nitrogens with zero attached hydrogens (tertiary/aromatic N) is 1. The second-order valence-corrected chi connectivity index (χ2v) is 5.94. The summed E-state index contributed by atoms with van der Waals surface area (Å²) in [6.45, 7) is 2.03. The number of para-hydroxylation sites is 1. The minimum atomic E-state index is 0.757. The lowest BCUT2D eigenvalue weighted by Gasteiger charge is -2.23. The topological polar surface area (TPSA) is 15.3 Å². The third-order valence-corrected chi connectivity index (χ3v) is 4.14. The van der Waals surface area contributed by atoms with Gasteiger partial charge in [0.05, 0.1) is 0 Å². The second-order valence-electron chi connectivity index (χ2n) is 5.94. The van der Waals surface area contributed by atoms with E-state index in [0.717, 1.165) is 25.6 Å². The Bertz CT molecular complexity index is 561. The number of benzene rings is 2. The maximum absolute atomic E-state index is 3.62. The summed E-state index contributed by atoms with van der Waals surface area (Å²) in [6.07, 6.45) is 3.76. The molecule has 0 unspecified atom stereocenters. The molecule has 0 heterocycles. The van der Waals surface area contributed by atoms with Crippen LogP contribution in [0.15, 0.2) is 54.6 Å². The van der Waals surface area contributed by atoms with Crippen LogP contribution in [0.2, 0.25) is 0 Å². The second kappa shape index (κ2) is 6.77. The summed E-state index contributed by atoms with van der Waals surface area (Å²) in [7, 11) is 2.19. The van der Waals surface area contributed by atoms with Gasteiger partial charge in [0.25, 0.3) is 0 Å². The Kier molecular flexibility index (Phi) is 4.56. The van der Waals surface area contributed by atoms with Gasteiger partial charge >= 0.3 is 0 Å². The molecule has 110 valence electrons. The number of likely N-dealkylation sites (N-methyl/N-ethyl adjacent to an activating group) is 1. The normalized spacial score (nSPS) is 14.1. The van der Waals surface area contributed by atoms with Crippen molar-refractivity contribution in [1.82, 2.24) is 5.32 Å². The van der Waals surface area contributed by atoms with Gasteiger partial charge in [0.1, 0.15) is 0 Å². The van der Waals surface area contributed by atoms with E-state index < -0.39 is 0 Å². The largest absolute Gasteiger partial charge is 0.374 e. The summed E-state index contributed by atoms with van der Waals surface area (Å²) in [6, 6.07) is 20.2. The predicted molar refractivity (Wildman–Crippen MR) is 89.7 cm³/mol. The number of hydrogen-bond donors (Lipinski definition) is 1. The maximum Gasteiger partial charge on any atom is 0.0409 e. The van der Waals surface area contributed by atoms with Gasteiger partial charge in [-0.25, -0.2) is 0 Å². The minimum Gasteiger partial charge on any atom is -0.374 e. The fourth-order valence-corrected chi connectivity index (χ4v) is 2.64. The summed E-state index contributed by atoms with van der Waals surface area (Å²) in [5.74, 6) is 0. The van der Waals surface area contributed by atoms with Crippen molar-refractivity contribution in [2.24, 2.45) is 0 Å². The van der Waals surface area contributed by atoms with Crippen molar-refractivity contribution in [1.29, 1.82) is 0 Å². The Morgan fingerprint density at radius 2 is 1.71 bits per heavy atom. The predicted octanol–water partition coefficient (Wildman–Crippen LogP) is 3.62. The summed E-state index contributed by atoms with van der Waals surface area (Å²) < 4.78 is 0. The molecule has 1 N–H and O–H groups in total. The Morgan fingerprint density at radius 3 is 2.48 bits per heavy atom. The smallest absolute Gasteiger partial charge is 0.0409 e. The van der Waals surface area contributed by atoms with E-state index in [1.54, 1.807) is 0 Å². The Labute approximate surface area is 127 Å². The molecule has 2 nitrogen and oxygen atoms in total. The monoisotopic (exact) mass is 280 g/mol. The third kappa shape index (κ3) is 4.08. The van der Waals surface area contributed by atoms with Gasteiger partial charge in [-0.1, -0.05) is 48.5 Å². The Morgan fingerprint density at radius 1 is 1.00 bits per heavy atom. The first-order chi connectivity index (χ1) is 10.3. The number of nitrogens with one attached hydrogen (secondary N) is 1.